The zero-order chi connectivity index (χ0) is 16.8. The molecule has 1 aliphatic heterocycles. The number of carbonyl (C=O) groups is 1. The molecular formula is C16H14F3LiN2O2. The summed E-state index contributed by atoms with van der Waals surface area (Å²) in [5.41, 5.74) is -0.313. The number of hydrogen-bond donors (Lipinski definition) is 0. The van der Waals surface area contributed by atoms with Crippen molar-refractivity contribution in [3.63, 3.8) is 0 Å². The number of nitrogens with zero attached hydrogens (tertiary/aromatic N) is 2. The number of benzene rings is 1. The molecule has 1 aromatic rings. The van der Waals surface area contributed by atoms with Gasteiger partial charge in [-0.15, -0.1) is 0 Å². The Labute approximate surface area is 149 Å². The normalized spacial score (nSPS) is 17.7. The summed E-state index contributed by atoms with van der Waals surface area (Å²) in [6.07, 6.45) is -3.08. The molecule has 0 aromatic heterocycles. The van der Waals surface area contributed by atoms with Crippen molar-refractivity contribution in [2.45, 2.75) is 31.4 Å². The van der Waals surface area contributed by atoms with E-state index in [1.165, 1.54) is 0 Å². The fourth-order valence-electron chi connectivity index (χ4n) is 3.04. The van der Waals surface area contributed by atoms with Gasteiger partial charge in [0.05, 0.1) is 11.1 Å². The van der Waals surface area contributed by atoms with Crippen molar-refractivity contribution in [1.82, 2.24) is 0 Å². The summed E-state index contributed by atoms with van der Waals surface area (Å²) in [7, 11) is 0. The summed E-state index contributed by atoms with van der Waals surface area (Å²) >= 11 is 0. The Kier molecular flexibility index (Phi) is 5.22. The average Bonchev–Trinajstić information content (AvgIpc) is 3.24. The predicted octanol–water partition coefficient (Wildman–Crippen LogP) is -0.965. The van der Waals surface area contributed by atoms with Crippen molar-refractivity contribution in [3.8, 4) is 6.07 Å². The molecule has 24 heavy (non-hydrogen) atoms. The molecule has 0 bridgehead atoms. The number of anilines is 1. The van der Waals surface area contributed by atoms with Gasteiger partial charge in [-0.2, -0.15) is 18.4 Å². The summed E-state index contributed by atoms with van der Waals surface area (Å²) in [6, 6.07) is 4.36. The molecule has 0 radical (unpaired) electrons. The second-order valence-corrected chi connectivity index (χ2v) is 6.19. The third kappa shape index (κ3) is 3.71. The molecule has 8 heteroatoms. The zero-order valence-corrected chi connectivity index (χ0v) is 13.2. The van der Waals surface area contributed by atoms with Crippen LogP contribution in [0.15, 0.2) is 12.1 Å². The van der Waals surface area contributed by atoms with E-state index < -0.39 is 17.7 Å². The maximum Gasteiger partial charge on any atom is 1.00 e. The van der Waals surface area contributed by atoms with E-state index in [0.29, 0.717) is 24.3 Å². The molecule has 1 saturated carbocycles. The number of carbonyl (C=O) groups excluding carboxylic acids is 1. The Morgan fingerprint density at radius 3 is 2.42 bits per heavy atom. The molecule has 0 unspecified atom stereocenters. The number of hydrogen-bond acceptors (Lipinski definition) is 4. The first-order chi connectivity index (χ1) is 10.8. The van der Waals surface area contributed by atoms with Crippen LogP contribution in [0.3, 0.4) is 0 Å². The molecule has 4 nitrogen and oxygen atoms in total. The van der Waals surface area contributed by atoms with E-state index in [2.05, 4.69) is 0 Å². The maximum absolute atomic E-state index is 13.3. The molecule has 2 aliphatic rings. The quantitative estimate of drug-likeness (QED) is 0.667. The van der Waals surface area contributed by atoms with Crippen molar-refractivity contribution < 1.29 is 41.9 Å². The van der Waals surface area contributed by atoms with E-state index in [4.69, 9.17) is 5.26 Å². The molecule has 1 aromatic carbocycles. The van der Waals surface area contributed by atoms with E-state index in [1.54, 1.807) is 17.0 Å². The van der Waals surface area contributed by atoms with Crippen LogP contribution in [0.25, 0.3) is 0 Å². The van der Waals surface area contributed by atoms with E-state index in [0.717, 1.165) is 18.9 Å². The molecule has 1 heterocycles. The SMILES string of the molecule is N#Cc1c(C2CC2)cc(N2CC(CC(=O)[O-])C2)cc1C(F)(F)F.[Li+]. The van der Waals surface area contributed by atoms with Crippen LogP contribution in [-0.2, 0) is 11.0 Å². The molecule has 0 spiro atoms. The first-order valence-corrected chi connectivity index (χ1v) is 7.39. The van der Waals surface area contributed by atoms with Crippen molar-refractivity contribution >= 4 is 11.7 Å². The van der Waals surface area contributed by atoms with E-state index in [1.807, 2.05) is 0 Å². The largest absolute Gasteiger partial charge is 1.00 e. The van der Waals surface area contributed by atoms with E-state index >= 15 is 0 Å². The van der Waals surface area contributed by atoms with Crippen LogP contribution in [0.5, 0.6) is 0 Å². The molecule has 3 rings (SSSR count). The van der Waals surface area contributed by atoms with Gasteiger partial charge in [0.15, 0.2) is 0 Å². The number of halogens is 3. The van der Waals surface area contributed by atoms with Gasteiger partial charge in [-0.25, -0.2) is 0 Å². The Bertz CT molecular complexity index is 690. The Balaban J connectivity index is 0.00000208. The van der Waals surface area contributed by atoms with Gasteiger partial charge in [-0.05, 0) is 48.8 Å². The monoisotopic (exact) mass is 330 g/mol. The second kappa shape index (κ2) is 6.70. The predicted molar refractivity (Wildman–Crippen MR) is 73.5 cm³/mol. The molecule has 122 valence electrons. The minimum absolute atomic E-state index is 0. The Hall–Kier alpha value is -1.63. The number of rotatable bonds is 4. The Morgan fingerprint density at radius 1 is 1.33 bits per heavy atom. The van der Waals surface area contributed by atoms with Crippen molar-refractivity contribution in [1.29, 1.82) is 5.26 Å². The summed E-state index contributed by atoms with van der Waals surface area (Å²) in [6.45, 7) is 0.780. The number of nitriles is 1. The van der Waals surface area contributed by atoms with Crippen LogP contribution in [0.4, 0.5) is 18.9 Å². The van der Waals surface area contributed by atoms with Crippen molar-refractivity contribution in [2.24, 2.45) is 5.92 Å². The summed E-state index contributed by atoms with van der Waals surface area (Å²) in [5, 5.41) is 19.7. The number of aliphatic carboxylic acids is 1. The molecule has 0 amide bonds. The number of alkyl halides is 3. The van der Waals surface area contributed by atoms with Crippen molar-refractivity contribution in [2.75, 3.05) is 18.0 Å². The van der Waals surface area contributed by atoms with Crippen molar-refractivity contribution in [3.05, 3.63) is 28.8 Å². The van der Waals surface area contributed by atoms with Gasteiger partial charge >= 0.3 is 25.0 Å². The van der Waals surface area contributed by atoms with Gasteiger partial charge < -0.3 is 14.8 Å². The van der Waals surface area contributed by atoms with Gasteiger partial charge in [-0.3, -0.25) is 0 Å². The topological polar surface area (TPSA) is 67.2 Å². The molecule has 0 atom stereocenters. The summed E-state index contributed by atoms with van der Waals surface area (Å²) < 4.78 is 39.8. The third-order valence-electron chi connectivity index (χ3n) is 4.37. The second-order valence-electron chi connectivity index (χ2n) is 6.19. The van der Waals surface area contributed by atoms with Crippen LogP contribution in [0.1, 0.15) is 41.9 Å². The fourth-order valence-corrected chi connectivity index (χ4v) is 3.04. The van der Waals surface area contributed by atoms with Gasteiger partial charge in [0.25, 0.3) is 0 Å². The van der Waals surface area contributed by atoms with Gasteiger partial charge in [0, 0.05) is 24.7 Å². The molecule has 2 fully saturated rings. The first-order valence-electron chi connectivity index (χ1n) is 7.39. The summed E-state index contributed by atoms with van der Waals surface area (Å²) in [5.74, 6) is -1.23. The van der Waals surface area contributed by atoms with E-state index in [9.17, 15) is 23.1 Å². The zero-order valence-electron chi connectivity index (χ0n) is 13.2. The van der Waals surface area contributed by atoms with Crippen LogP contribution < -0.4 is 28.9 Å². The number of carboxylic acids is 1. The molecule has 1 aliphatic carbocycles. The van der Waals surface area contributed by atoms with E-state index in [-0.39, 0.29) is 42.7 Å². The standard InChI is InChI=1S/C16H15F3N2O2.Li/c17-16(18,19)14-5-11(21-7-9(8-21)3-15(22)23)4-12(10-1-2-10)13(14)6-20;/h4-5,9-10H,1-3,7-8H2,(H,22,23);/q;+1/p-1. The maximum atomic E-state index is 13.3. The molecule has 0 N–H and O–H groups in total. The molecular weight excluding hydrogens is 316 g/mol. The van der Waals surface area contributed by atoms with Crippen LogP contribution in [0.2, 0.25) is 0 Å². The van der Waals surface area contributed by atoms with Gasteiger partial charge in [-0.1, -0.05) is 0 Å². The van der Waals surface area contributed by atoms with Gasteiger partial charge in [0.2, 0.25) is 0 Å². The fraction of sp³-hybridized carbons (Fsp3) is 0.500. The van der Waals surface area contributed by atoms with Crippen LogP contribution in [-0.4, -0.2) is 19.1 Å². The minimum Gasteiger partial charge on any atom is -0.550 e. The first kappa shape index (κ1) is 18.7. The van der Waals surface area contributed by atoms with Gasteiger partial charge in [0.1, 0.15) is 6.07 Å². The van der Waals surface area contributed by atoms with Crippen LogP contribution >= 0.6 is 0 Å². The Morgan fingerprint density at radius 2 is 1.96 bits per heavy atom. The summed E-state index contributed by atoms with van der Waals surface area (Å²) in [4.78, 5) is 12.3. The average molecular weight is 330 g/mol. The number of carboxylic acid groups (broad SMARTS) is 1. The third-order valence-corrected chi connectivity index (χ3v) is 4.37. The smallest absolute Gasteiger partial charge is 0.550 e. The molecule has 1 saturated heterocycles. The minimum atomic E-state index is -4.58. The van der Waals surface area contributed by atoms with Crippen LogP contribution in [0, 0.1) is 17.2 Å².